The summed E-state index contributed by atoms with van der Waals surface area (Å²) in [5.41, 5.74) is 4.83. The molecule has 1 aliphatic rings. The van der Waals surface area contributed by atoms with E-state index in [0.717, 1.165) is 29.5 Å². The van der Waals surface area contributed by atoms with Crippen LogP contribution in [0.25, 0.3) is 0 Å². The topological polar surface area (TPSA) is 142 Å². The predicted octanol–water partition coefficient (Wildman–Crippen LogP) is 7.30. The lowest BCUT2D eigenvalue weighted by Crippen LogP contribution is -2.33. The van der Waals surface area contributed by atoms with Gasteiger partial charge >= 0.3 is 12.0 Å². The van der Waals surface area contributed by atoms with Crippen molar-refractivity contribution < 1.29 is 27.9 Å². The van der Waals surface area contributed by atoms with E-state index >= 15 is 0 Å². The lowest BCUT2D eigenvalue weighted by molar-refractivity contribution is -0.136. The summed E-state index contributed by atoms with van der Waals surface area (Å²) in [4.78, 5) is 37.2. The molecule has 48 heavy (non-hydrogen) atoms. The van der Waals surface area contributed by atoms with Gasteiger partial charge < -0.3 is 21.1 Å². The first-order chi connectivity index (χ1) is 23.0. The average molecular weight is 668 g/mol. The number of carbonyl (C=O) groups is 3. The van der Waals surface area contributed by atoms with Crippen molar-refractivity contribution in [1.82, 2.24) is 10.6 Å². The molecule has 3 amide bonds. The zero-order chi connectivity index (χ0) is 34.3. The van der Waals surface area contributed by atoms with E-state index in [1.807, 2.05) is 25.1 Å². The zero-order valence-corrected chi connectivity index (χ0v) is 28.0. The van der Waals surface area contributed by atoms with Crippen molar-refractivity contribution in [3.63, 3.8) is 0 Å². The van der Waals surface area contributed by atoms with Crippen molar-refractivity contribution in [2.45, 2.75) is 74.1 Å². The number of rotatable bonds is 11. The smallest absolute Gasteiger partial charge is 0.320 e. The second kappa shape index (κ2) is 15.3. The number of sulfone groups is 1. The van der Waals surface area contributed by atoms with Crippen molar-refractivity contribution in [3.05, 3.63) is 124 Å². The number of nitrogens with one attached hydrogen (secondary N) is 3. The Morgan fingerprint density at radius 2 is 1.46 bits per heavy atom. The standard InChI is InChI=1S/C38H41N3O6S/c1-25-7-6-10-32(23-25)48(46,47)34-24-26(2)11-20-33(34)40-38(45)41-36(29-14-12-28(13-15-29)27-8-4-3-5-9-27)30-16-18-31(19-17-30)37(44)39-22-21-35(42)43/h6-7,10-20,23-24,27,36H,3-5,8-9,21-22H2,1-2H3,(H,39,44)(H,42,43)(H2,40,41,45). The zero-order valence-electron chi connectivity index (χ0n) is 27.2. The Bertz CT molecular complexity index is 1880. The summed E-state index contributed by atoms with van der Waals surface area (Å²) in [6.07, 6.45) is 5.82. The third-order valence-electron chi connectivity index (χ3n) is 8.73. The average Bonchev–Trinajstić information content (AvgIpc) is 3.08. The van der Waals surface area contributed by atoms with Crippen LogP contribution in [0.15, 0.2) is 101 Å². The molecular weight excluding hydrogens is 627 g/mol. The van der Waals surface area contributed by atoms with E-state index in [4.69, 9.17) is 5.11 Å². The molecule has 1 saturated carbocycles. The van der Waals surface area contributed by atoms with E-state index < -0.39 is 33.8 Å². The molecule has 0 radical (unpaired) electrons. The van der Waals surface area contributed by atoms with E-state index in [1.54, 1.807) is 61.5 Å². The van der Waals surface area contributed by atoms with Crippen LogP contribution in [-0.4, -0.2) is 38.0 Å². The number of carboxylic acid groups (broad SMARTS) is 1. The summed E-state index contributed by atoms with van der Waals surface area (Å²) in [5, 5.41) is 17.3. The predicted molar refractivity (Wildman–Crippen MR) is 185 cm³/mol. The Morgan fingerprint density at radius 1 is 0.812 bits per heavy atom. The number of anilines is 1. The molecule has 250 valence electrons. The van der Waals surface area contributed by atoms with Crippen LogP contribution in [0.2, 0.25) is 0 Å². The van der Waals surface area contributed by atoms with Gasteiger partial charge in [0.15, 0.2) is 0 Å². The lowest BCUT2D eigenvalue weighted by atomic mass is 9.83. The summed E-state index contributed by atoms with van der Waals surface area (Å²) in [6.45, 7) is 3.62. The molecule has 0 heterocycles. The second-order valence-corrected chi connectivity index (χ2v) is 14.3. The van der Waals surface area contributed by atoms with Gasteiger partial charge in [-0.2, -0.15) is 0 Å². The quantitative estimate of drug-likeness (QED) is 0.132. The summed E-state index contributed by atoms with van der Waals surface area (Å²) >= 11 is 0. The molecule has 4 aromatic rings. The highest BCUT2D eigenvalue weighted by molar-refractivity contribution is 7.91. The number of benzene rings is 4. The number of carbonyl (C=O) groups excluding carboxylic acids is 2. The molecule has 0 saturated heterocycles. The number of hydrogen-bond donors (Lipinski definition) is 4. The molecule has 5 rings (SSSR count). The van der Waals surface area contributed by atoms with E-state index in [-0.39, 0.29) is 28.4 Å². The van der Waals surface area contributed by atoms with Crippen molar-refractivity contribution in [3.8, 4) is 0 Å². The minimum Gasteiger partial charge on any atom is -0.481 e. The highest BCUT2D eigenvalue weighted by Crippen LogP contribution is 2.34. The van der Waals surface area contributed by atoms with Crippen LogP contribution in [-0.2, 0) is 14.6 Å². The molecule has 0 aliphatic heterocycles. The summed E-state index contributed by atoms with van der Waals surface area (Å²) in [7, 11) is -3.95. The third kappa shape index (κ3) is 8.49. The summed E-state index contributed by atoms with van der Waals surface area (Å²) in [5.74, 6) is -0.891. The number of aryl methyl sites for hydroxylation is 2. The van der Waals surface area contributed by atoms with Gasteiger partial charge in [-0.3, -0.25) is 9.59 Å². The molecule has 4 N–H and O–H groups in total. The van der Waals surface area contributed by atoms with E-state index in [0.29, 0.717) is 17.0 Å². The number of amides is 3. The molecule has 9 nitrogen and oxygen atoms in total. The Hall–Kier alpha value is -4.96. The fraction of sp³-hybridized carbons (Fsp3) is 0.289. The van der Waals surface area contributed by atoms with Gasteiger partial charge in [0.25, 0.3) is 5.91 Å². The summed E-state index contributed by atoms with van der Waals surface area (Å²) in [6, 6.07) is 25.3. The van der Waals surface area contributed by atoms with Gasteiger partial charge in [-0.05, 0) is 96.8 Å². The van der Waals surface area contributed by atoms with Gasteiger partial charge in [0.1, 0.15) is 0 Å². The molecule has 1 unspecified atom stereocenters. The van der Waals surface area contributed by atoms with Crippen LogP contribution in [0.3, 0.4) is 0 Å². The Morgan fingerprint density at radius 3 is 2.10 bits per heavy atom. The fourth-order valence-corrected chi connectivity index (χ4v) is 7.72. The first-order valence-corrected chi connectivity index (χ1v) is 17.7. The van der Waals surface area contributed by atoms with Crippen LogP contribution in [0.4, 0.5) is 10.5 Å². The highest BCUT2D eigenvalue weighted by Gasteiger charge is 2.25. The minimum atomic E-state index is -3.95. The Kier molecular flexibility index (Phi) is 11.0. The monoisotopic (exact) mass is 667 g/mol. The van der Waals surface area contributed by atoms with Gasteiger partial charge in [-0.1, -0.05) is 73.9 Å². The molecule has 4 aromatic carbocycles. The first kappa shape index (κ1) is 34.4. The van der Waals surface area contributed by atoms with E-state index in [2.05, 4.69) is 28.1 Å². The van der Waals surface area contributed by atoms with Crippen LogP contribution >= 0.6 is 0 Å². The van der Waals surface area contributed by atoms with Gasteiger partial charge in [0.05, 0.1) is 27.9 Å². The van der Waals surface area contributed by atoms with Crippen LogP contribution in [0.1, 0.15) is 88.7 Å². The SMILES string of the molecule is Cc1cccc(S(=O)(=O)c2cc(C)ccc2NC(=O)NC(c2ccc(C(=O)NCCC(=O)O)cc2)c2ccc(C3CCCCC3)cc2)c1. The lowest BCUT2D eigenvalue weighted by Gasteiger charge is -2.24. The maximum atomic E-state index is 13.7. The molecule has 10 heteroatoms. The molecule has 1 fully saturated rings. The van der Waals surface area contributed by atoms with Gasteiger partial charge in [0.2, 0.25) is 9.84 Å². The van der Waals surface area contributed by atoms with E-state index in [1.165, 1.54) is 30.9 Å². The third-order valence-corrected chi connectivity index (χ3v) is 10.5. The number of carboxylic acids is 1. The van der Waals surface area contributed by atoms with Gasteiger partial charge in [0, 0.05) is 12.1 Å². The maximum Gasteiger partial charge on any atom is 0.320 e. The van der Waals surface area contributed by atoms with Crippen molar-refractivity contribution in [2.75, 3.05) is 11.9 Å². The number of aliphatic carboxylic acids is 1. The molecule has 1 aliphatic carbocycles. The Balaban J connectivity index is 1.42. The second-order valence-electron chi connectivity index (χ2n) is 12.4. The normalized spacial score (nSPS) is 14.1. The maximum absolute atomic E-state index is 13.7. The van der Waals surface area contributed by atoms with Gasteiger partial charge in [-0.15, -0.1) is 0 Å². The highest BCUT2D eigenvalue weighted by atomic mass is 32.2. The van der Waals surface area contributed by atoms with Crippen molar-refractivity contribution in [1.29, 1.82) is 0 Å². The van der Waals surface area contributed by atoms with E-state index in [9.17, 15) is 22.8 Å². The molecular formula is C38H41N3O6S. The van der Waals surface area contributed by atoms with Crippen molar-refractivity contribution >= 4 is 33.4 Å². The molecule has 0 bridgehead atoms. The van der Waals surface area contributed by atoms with Crippen molar-refractivity contribution in [2.24, 2.45) is 0 Å². The fourth-order valence-electron chi connectivity index (χ4n) is 6.12. The minimum absolute atomic E-state index is 0.00472. The number of urea groups is 1. The molecule has 0 aromatic heterocycles. The number of hydrogen-bond acceptors (Lipinski definition) is 5. The molecule has 0 spiro atoms. The van der Waals surface area contributed by atoms with Crippen LogP contribution in [0, 0.1) is 13.8 Å². The Labute approximate surface area is 281 Å². The summed E-state index contributed by atoms with van der Waals surface area (Å²) < 4.78 is 27.4. The van der Waals surface area contributed by atoms with Crippen LogP contribution in [0.5, 0.6) is 0 Å². The first-order valence-electron chi connectivity index (χ1n) is 16.2. The van der Waals surface area contributed by atoms with Gasteiger partial charge in [-0.25, -0.2) is 13.2 Å². The molecule has 1 atom stereocenters. The van der Waals surface area contributed by atoms with Crippen LogP contribution < -0.4 is 16.0 Å². The largest absolute Gasteiger partial charge is 0.481 e.